The molecule has 0 aliphatic heterocycles. The summed E-state index contributed by atoms with van der Waals surface area (Å²) in [5, 5.41) is 3.52. The number of ether oxygens (including phenoxy) is 2. The van der Waals surface area contributed by atoms with E-state index in [0.717, 1.165) is 17.9 Å². The Morgan fingerprint density at radius 1 is 1.10 bits per heavy atom. The summed E-state index contributed by atoms with van der Waals surface area (Å²) in [5.74, 6) is 0.870. The summed E-state index contributed by atoms with van der Waals surface area (Å²) in [7, 11) is 1.67. The van der Waals surface area contributed by atoms with E-state index in [1.807, 2.05) is 35.6 Å². The number of thiophene rings is 1. The summed E-state index contributed by atoms with van der Waals surface area (Å²) in [5.41, 5.74) is 1.10. The van der Waals surface area contributed by atoms with E-state index < -0.39 is 0 Å². The van der Waals surface area contributed by atoms with Gasteiger partial charge in [-0.05, 0) is 49.7 Å². The molecule has 0 fully saturated rings. The third kappa shape index (κ3) is 4.76. The van der Waals surface area contributed by atoms with Crippen molar-refractivity contribution in [1.29, 1.82) is 0 Å². The Morgan fingerprint density at radius 3 is 2.48 bits per heavy atom. The zero-order valence-electron chi connectivity index (χ0n) is 12.9. The largest absolute Gasteiger partial charge is 0.491 e. The Balaban J connectivity index is 1.90. The third-order valence-electron chi connectivity index (χ3n) is 3.25. The highest BCUT2D eigenvalue weighted by Gasteiger charge is 2.08. The normalized spacial score (nSPS) is 12.1. The zero-order valence-corrected chi connectivity index (χ0v) is 13.7. The summed E-state index contributed by atoms with van der Waals surface area (Å²) in [6.07, 6.45) is 1.10. The maximum atomic E-state index is 5.56. The fraction of sp³-hybridized carbons (Fsp3) is 0.412. The van der Waals surface area contributed by atoms with Gasteiger partial charge in [0.05, 0.1) is 12.6 Å². The average molecular weight is 305 g/mol. The van der Waals surface area contributed by atoms with Crippen molar-refractivity contribution in [3.8, 4) is 5.75 Å². The van der Waals surface area contributed by atoms with Crippen LogP contribution in [0.1, 0.15) is 29.6 Å². The number of benzene rings is 1. The average Bonchev–Trinajstić information content (AvgIpc) is 2.98. The van der Waals surface area contributed by atoms with Gasteiger partial charge < -0.3 is 14.8 Å². The standard InChI is InChI=1S/C17H23NO2S/c1-4-16-9-10-17(21-16)13(2)18-14-5-7-15(8-6-14)20-12-11-19-3/h5-10,13,18H,4,11-12H2,1-3H3. The second kappa shape index (κ2) is 8.05. The molecule has 2 aromatic rings. The molecule has 0 amide bonds. The van der Waals surface area contributed by atoms with Crippen LogP contribution in [-0.2, 0) is 11.2 Å². The van der Waals surface area contributed by atoms with Gasteiger partial charge in [-0.1, -0.05) is 6.92 Å². The first kappa shape index (κ1) is 15.9. The lowest BCUT2D eigenvalue weighted by Gasteiger charge is -2.14. The van der Waals surface area contributed by atoms with E-state index in [0.29, 0.717) is 19.3 Å². The van der Waals surface area contributed by atoms with Crippen LogP contribution in [-0.4, -0.2) is 20.3 Å². The van der Waals surface area contributed by atoms with Gasteiger partial charge >= 0.3 is 0 Å². The number of anilines is 1. The van der Waals surface area contributed by atoms with Gasteiger partial charge in [-0.25, -0.2) is 0 Å². The van der Waals surface area contributed by atoms with Gasteiger partial charge in [0.25, 0.3) is 0 Å². The molecule has 1 N–H and O–H groups in total. The Hall–Kier alpha value is -1.52. The highest BCUT2D eigenvalue weighted by Crippen LogP contribution is 2.27. The summed E-state index contributed by atoms with van der Waals surface area (Å²) in [6.45, 7) is 5.56. The van der Waals surface area contributed by atoms with E-state index in [2.05, 4.69) is 31.3 Å². The molecule has 0 saturated heterocycles. The van der Waals surface area contributed by atoms with Gasteiger partial charge in [0.2, 0.25) is 0 Å². The second-order valence-electron chi connectivity index (χ2n) is 4.89. The summed E-state index contributed by atoms with van der Waals surface area (Å²) in [4.78, 5) is 2.80. The molecule has 1 aromatic carbocycles. The molecule has 2 rings (SSSR count). The van der Waals surface area contributed by atoms with E-state index in [1.165, 1.54) is 9.75 Å². The molecule has 0 aliphatic carbocycles. The van der Waals surface area contributed by atoms with Crippen LogP contribution in [0.3, 0.4) is 0 Å². The summed E-state index contributed by atoms with van der Waals surface area (Å²) >= 11 is 1.88. The van der Waals surface area contributed by atoms with Gasteiger partial charge in [0.1, 0.15) is 12.4 Å². The van der Waals surface area contributed by atoms with Gasteiger partial charge in [-0.2, -0.15) is 0 Å². The van der Waals surface area contributed by atoms with Crippen LogP contribution in [0.4, 0.5) is 5.69 Å². The van der Waals surface area contributed by atoms with Gasteiger partial charge in [-0.15, -0.1) is 11.3 Å². The maximum absolute atomic E-state index is 5.56. The zero-order chi connectivity index (χ0) is 15.1. The lowest BCUT2D eigenvalue weighted by molar-refractivity contribution is 0.146. The molecule has 4 heteroatoms. The number of nitrogens with one attached hydrogen (secondary N) is 1. The Kier molecular flexibility index (Phi) is 6.08. The van der Waals surface area contributed by atoms with Gasteiger partial charge in [-0.3, -0.25) is 0 Å². The summed E-state index contributed by atoms with van der Waals surface area (Å²) < 4.78 is 10.5. The van der Waals surface area contributed by atoms with Gasteiger partial charge in [0.15, 0.2) is 0 Å². The Morgan fingerprint density at radius 2 is 1.86 bits per heavy atom. The minimum Gasteiger partial charge on any atom is -0.491 e. The fourth-order valence-corrected chi connectivity index (χ4v) is 2.98. The van der Waals surface area contributed by atoms with Crippen LogP contribution in [0.5, 0.6) is 5.75 Å². The second-order valence-corrected chi connectivity index (χ2v) is 6.09. The fourth-order valence-electron chi connectivity index (χ4n) is 2.03. The molecule has 0 saturated carbocycles. The minimum atomic E-state index is 0.315. The Labute approximate surface area is 130 Å². The number of aryl methyl sites for hydroxylation is 1. The molecule has 1 aromatic heterocycles. The monoisotopic (exact) mass is 305 g/mol. The van der Waals surface area contributed by atoms with Crippen LogP contribution in [0.2, 0.25) is 0 Å². The van der Waals surface area contributed by atoms with Crippen LogP contribution < -0.4 is 10.1 Å². The van der Waals surface area contributed by atoms with E-state index >= 15 is 0 Å². The van der Waals surface area contributed by atoms with Crippen LogP contribution >= 0.6 is 11.3 Å². The van der Waals surface area contributed by atoms with E-state index in [9.17, 15) is 0 Å². The van der Waals surface area contributed by atoms with Crippen molar-refractivity contribution >= 4 is 17.0 Å². The Bertz CT molecular complexity index is 536. The van der Waals surface area contributed by atoms with Crippen molar-refractivity contribution in [2.24, 2.45) is 0 Å². The number of rotatable bonds is 8. The van der Waals surface area contributed by atoms with Crippen LogP contribution in [0.25, 0.3) is 0 Å². The van der Waals surface area contributed by atoms with Crippen LogP contribution in [0.15, 0.2) is 36.4 Å². The van der Waals surface area contributed by atoms with Crippen molar-refractivity contribution in [1.82, 2.24) is 0 Å². The first-order valence-corrected chi connectivity index (χ1v) is 8.11. The number of methoxy groups -OCH3 is 1. The van der Waals surface area contributed by atoms with E-state index in [4.69, 9.17) is 9.47 Å². The van der Waals surface area contributed by atoms with Crippen molar-refractivity contribution in [3.05, 3.63) is 46.2 Å². The van der Waals surface area contributed by atoms with Crippen LogP contribution in [0, 0.1) is 0 Å². The quantitative estimate of drug-likeness (QED) is 0.728. The molecular formula is C17H23NO2S. The molecule has 0 spiro atoms. The van der Waals surface area contributed by atoms with E-state index in [-0.39, 0.29) is 0 Å². The first-order chi connectivity index (χ1) is 10.2. The molecule has 114 valence electrons. The molecule has 1 atom stereocenters. The maximum Gasteiger partial charge on any atom is 0.119 e. The molecule has 0 aliphatic rings. The molecule has 1 unspecified atom stereocenters. The van der Waals surface area contributed by atoms with Gasteiger partial charge in [0, 0.05) is 22.6 Å². The molecule has 3 nitrogen and oxygen atoms in total. The first-order valence-electron chi connectivity index (χ1n) is 7.30. The molecule has 1 heterocycles. The summed E-state index contributed by atoms with van der Waals surface area (Å²) in [6, 6.07) is 12.8. The van der Waals surface area contributed by atoms with Crippen molar-refractivity contribution in [3.63, 3.8) is 0 Å². The SMILES string of the molecule is CCc1ccc(C(C)Nc2ccc(OCCOC)cc2)s1. The van der Waals surface area contributed by atoms with Crippen molar-refractivity contribution < 1.29 is 9.47 Å². The predicted molar refractivity (Wildman–Crippen MR) is 89.5 cm³/mol. The number of hydrogen-bond acceptors (Lipinski definition) is 4. The lowest BCUT2D eigenvalue weighted by Crippen LogP contribution is -2.06. The molecule has 21 heavy (non-hydrogen) atoms. The van der Waals surface area contributed by atoms with Crippen molar-refractivity contribution in [2.75, 3.05) is 25.6 Å². The highest BCUT2D eigenvalue weighted by molar-refractivity contribution is 7.12. The minimum absolute atomic E-state index is 0.315. The third-order valence-corrected chi connectivity index (χ3v) is 4.66. The predicted octanol–water partition coefficient (Wildman–Crippen LogP) is 4.51. The molecule has 0 bridgehead atoms. The molecule has 0 radical (unpaired) electrons. The highest BCUT2D eigenvalue weighted by atomic mass is 32.1. The topological polar surface area (TPSA) is 30.5 Å². The lowest BCUT2D eigenvalue weighted by atomic mass is 10.2. The smallest absolute Gasteiger partial charge is 0.119 e. The molecular weight excluding hydrogens is 282 g/mol. The number of hydrogen-bond donors (Lipinski definition) is 1. The van der Waals surface area contributed by atoms with E-state index in [1.54, 1.807) is 7.11 Å². The van der Waals surface area contributed by atoms with Crippen molar-refractivity contribution in [2.45, 2.75) is 26.3 Å².